The second kappa shape index (κ2) is 5.35. The highest BCUT2D eigenvalue weighted by molar-refractivity contribution is 7.16. The van der Waals surface area contributed by atoms with Crippen LogP contribution in [-0.4, -0.2) is 25.8 Å². The van der Waals surface area contributed by atoms with Crippen molar-refractivity contribution in [1.29, 1.82) is 0 Å². The molecule has 1 aliphatic carbocycles. The van der Waals surface area contributed by atoms with Crippen LogP contribution in [0.5, 0.6) is 0 Å². The van der Waals surface area contributed by atoms with E-state index < -0.39 is 0 Å². The highest BCUT2D eigenvalue weighted by atomic mass is 32.1. The van der Waals surface area contributed by atoms with E-state index in [9.17, 15) is 0 Å². The maximum absolute atomic E-state index is 4.55. The normalized spacial score (nSPS) is 17.9. The number of nitrogens with zero attached hydrogens (tertiary/aromatic N) is 4. The number of thiophene rings is 1. The van der Waals surface area contributed by atoms with Crippen molar-refractivity contribution in [2.45, 2.75) is 45.2 Å². The molecular formula is C16H19N5S. The maximum Gasteiger partial charge on any atom is 0.138 e. The van der Waals surface area contributed by atoms with Crippen LogP contribution in [0, 0.1) is 0 Å². The summed E-state index contributed by atoms with van der Waals surface area (Å²) in [4.78, 5) is 9.79. The van der Waals surface area contributed by atoms with Gasteiger partial charge < -0.3 is 5.32 Å². The van der Waals surface area contributed by atoms with Crippen LogP contribution in [0.25, 0.3) is 10.2 Å². The van der Waals surface area contributed by atoms with E-state index in [0.717, 1.165) is 35.3 Å². The molecule has 0 saturated carbocycles. The molecule has 4 rings (SSSR count). The van der Waals surface area contributed by atoms with Crippen molar-refractivity contribution < 1.29 is 0 Å². The van der Waals surface area contributed by atoms with Gasteiger partial charge >= 0.3 is 0 Å². The van der Waals surface area contributed by atoms with Gasteiger partial charge in [0.2, 0.25) is 0 Å². The zero-order valence-electron chi connectivity index (χ0n) is 12.8. The molecule has 0 aliphatic heterocycles. The standard InChI is InChI=1S/C16H19N5S/c1-10(2)21-14-7-12(4-3-11(14)8-19-21)20-15-13-5-6-22-16(13)18-9-17-15/h5-6,8-10,12H,3-4,7H2,1-2H3,(H,17,18,20). The van der Waals surface area contributed by atoms with Crippen molar-refractivity contribution in [2.24, 2.45) is 0 Å². The molecule has 114 valence electrons. The number of nitrogens with one attached hydrogen (secondary N) is 1. The Balaban J connectivity index is 1.60. The first-order chi connectivity index (χ1) is 10.7. The van der Waals surface area contributed by atoms with Crippen molar-refractivity contribution >= 4 is 27.4 Å². The van der Waals surface area contributed by atoms with Gasteiger partial charge in [-0.25, -0.2) is 9.97 Å². The predicted molar refractivity (Wildman–Crippen MR) is 89.5 cm³/mol. The van der Waals surface area contributed by atoms with Crippen LogP contribution in [0.3, 0.4) is 0 Å². The number of aromatic nitrogens is 4. The summed E-state index contributed by atoms with van der Waals surface area (Å²) < 4.78 is 2.16. The number of fused-ring (bicyclic) bond motifs is 2. The van der Waals surface area contributed by atoms with E-state index in [1.54, 1.807) is 17.7 Å². The van der Waals surface area contributed by atoms with Crippen LogP contribution in [-0.2, 0) is 12.8 Å². The van der Waals surface area contributed by atoms with Gasteiger partial charge in [0.25, 0.3) is 0 Å². The van der Waals surface area contributed by atoms with Crippen molar-refractivity contribution in [3.63, 3.8) is 0 Å². The van der Waals surface area contributed by atoms with Gasteiger partial charge in [0.15, 0.2) is 0 Å². The fourth-order valence-electron chi connectivity index (χ4n) is 3.19. The summed E-state index contributed by atoms with van der Waals surface area (Å²) >= 11 is 1.65. The van der Waals surface area contributed by atoms with Gasteiger partial charge in [-0.15, -0.1) is 11.3 Å². The van der Waals surface area contributed by atoms with E-state index in [-0.39, 0.29) is 0 Å². The third-order valence-electron chi connectivity index (χ3n) is 4.28. The molecular weight excluding hydrogens is 294 g/mol. The molecule has 6 heteroatoms. The number of anilines is 1. The third kappa shape index (κ3) is 2.27. The molecule has 0 aromatic carbocycles. The molecule has 0 saturated heterocycles. The Kier molecular flexibility index (Phi) is 3.33. The lowest BCUT2D eigenvalue weighted by Crippen LogP contribution is -2.29. The van der Waals surface area contributed by atoms with E-state index >= 15 is 0 Å². The third-order valence-corrected chi connectivity index (χ3v) is 5.10. The average Bonchev–Trinajstić information content (AvgIpc) is 3.13. The summed E-state index contributed by atoms with van der Waals surface area (Å²) in [5, 5.41) is 11.4. The van der Waals surface area contributed by atoms with Crippen molar-refractivity contribution in [1.82, 2.24) is 19.7 Å². The molecule has 22 heavy (non-hydrogen) atoms. The Morgan fingerprint density at radius 2 is 2.27 bits per heavy atom. The van der Waals surface area contributed by atoms with Gasteiger partial charge in [-0.1, -0.05) is 0 Å². The summed E-state index contributed by atoms with van der Waals surface area (Å²) in [7, 11) is 0. The summed E-state index contributed by atoms with van der Waals surface area (Å²) in [6.07, 6.45) is 6.88. The fourth-order valence-corrected chi connectivity index (χ4v) is 3.92. The molecule has 0 radical (unpaired) electrons. The molecule has 0 amide bonds. The van der Waals surface area contributed by atoms with Gasteiger partial charge in [-0.2, -0.15) is 5.10 Å². The first-order valence-corrected chi connectivity index (χ1v) is 8.60. The van der Waals surface area contributed by atoms with E-state index in [2.05, 4.69) is 50.4 Å². The lowest BCUT2D eigenvalue weighted by Gasteiger charge is -2.25. The van der Waals surface area contributed by atoms with Gasteiger partial charge in [0, 0.05) is 24.2 Å². The van der Waals surface area contributed by atoms with Gasteiger partial charge in [0.1, 0.15) is 17.0 Å². The van der Waals surface area contributed by atoms with Crippen molar-refractivity contribution in [3.05, 3.63) is 35.2 Å². The quantitative estimate of drug-likeness (QED) is 0.805. The van der Waals surface area contributed by atoms with Gasteiger partial charge in [-0.05, 0) is 43.7 Å². The van der Waals surface area contributed by atoms with Crippen LogP contribution in [0.4, 0.5) is 5.82 Å². The Bertz CT molecular complexity index is 804. The zero-order chi connectivity index (χ0) is 15.1. The molecule has 0 spiro atoms. The Hall–Kier alpha value is -1.95. The average molecular weight is 313 g/mol. The Morgan fingerprint density at radius 3 is 3.14 bits per heavy atom. The second-order valence-corrected chi connectivity index (χ2v) is 7.00. The lowest BCUT2D eigenvalue weighted by molar-refractivity contribution is 0.484. The van der Waals surface area contributed by atoms with Crippen molar-refractivity contribution in [3.8, 4) is 0 Å². The molecule has 0 bridgehead atoms. The monoisotopic (exact) mass is 313 g/mol. The minimum atomic E-state index is 0.402. The van der Waals surface area contributed by atoms with Crippen molar-refractivity contribution in [2.75, 3.05) is 5.32 Å². The van der Waals surface area contributed by atoms with Gasteiger partial charge in [-0.3, -0.25) is 4.68 Å². The van der Waals surface area contributed by atoms with Crippen LogP contribution < -0.4 is 5.32 Å². The number of hydrogen-bond acceptors (Lipinski definition) is 5. The lowest BCUT2D eigenvalue weighted by atomic mass is 9.93. The van der Waals surface area contributed by atoms with E-state index in [4.69, 9.17) is 0 Å². The SMILES string of the molecule is CC(C)n1ncc2c1CC(Nc1ncnc3sccc13)CC2. The highest BCUT2D eigenvalue weighted by Crippen LogP contribution is 2.28. The predicted octanol–water partition coefficient (Wildman–Crippen LogP) is 3.44. The van der Waals surface area contributed by atoms with Crippen LogP contribution >= 0.6 is 11.3 Å². The molecule has 1 N–H and O–H groups in total. The maximum atomic E-state index is 4.55. The molecule has 3 heterocycles. The Morgan fingerprint density at radius 1 is 1.36 bits per heavy atom. The first-order valence-electron chi connectivity index (χ1n) is 7.72. The van der Waals surface area contributed by atoms with Gasteiger partial charge in [0.05, 0.1) is 11.6 Å². The van der Waals surface area contributed by atoms with Crippen LogP contribution in [0.1, 0.15) is 37.6 Å². The Labute approximate surface area is 133 Å². The summed E-state index contributed by atoms with van der Waals surface area (Å²) in [6.45, 7) is 4.37. The minimum Gasteiger partial charge on any atom is -0.366 e. The van der Waals surface area contributed by atoms with Crippen LogP contribution in [0.15, 0.2) is 24.0 Å². The molecule has 3 aromatic rings. The first kappa shape index (κ1) is 13.7. The topological polar surface area (TPSA) is 55.6 Å². The zero-order valence-corrected chi connectivity index (χ0v) is 13.6. The van der Waals surface area contributed by atoms with E-state index in [0.29, 0.717) is 12.1 Å². The number of rotatable bonds is 3. The van der Waals surface area contributed by atoms with E-state index in [1.807, 2.05) is 6.20 Å². The summed E-state index contributed by atoms with van der Waals surface area (Å²) in [5.41, 5.74) is 2.77. The highest BCUT2D eigenvalue weighted by Gasteiger charge is 2.24. The second-order valence-electron chi connectivity index (χ2n) is 6.10. The van der Waals surface area contributed by atoms with Crippen LogP contribution in [0.2, 0.25) is 0 Å². The smallest absolute Gasteiger partial charge is 0.138 e. The number of aryl methyl sites for hydroxylation is 1. The molecule has 5 nitrogen and oxygen atoms in total. The molecule has 1 atom stereocenters. The largest absolute Gasteiger partial charge is 0.366 e. The number of hydrogen-bond donors (Lipinski definition) is 1. The minimum absolute atomic E-state index is 0.402. The fraction of sp³-hybridized carbons (Fsp3) is 0.438. The molecule has 3 aromatic heterocycles. The van der Waals surface area contributed by atoms with E-state index in [1.165, 1.54) is 11.3 Å². The summed E-state index contributed by atoms with van der Waals surface area (Å²) in [5.74, 6) is 0.954. The molecule has 1 aliphatic rings. The molecule has 0 fully saturated rings. The summed E-state index contributed by atoms with van der Waals surface area (Å²) in [6, 6.07) is 2.90. The molecule has 1 unspecified atom stereocenters.